The molecule has 0 spiro atoms. The van der Waals surface area contributed by atoms with Gasteiger partial charge >= 0.3 is 0 Å². The fourth-order valence-corrected chi connectivity index (χ4v) is 1.66. The Morgan fingerprint density at radius 2 is 2.44 bits per heavy atom. The summed E-state index contributed by atoms with van der Waals surface area (Å²) in [6.45, 7) is 3.28. The predicted molar refractivity (Wildman–Crippen MR) is 56.5 cm³/mol. The largest absolute Gasteiger partial charge is 0.304 e. The van der Waals surface area contributed by atoms with Crippen LogP contribution in [-0.2, 0) is 16.1 Å². The Hall–Kier alpha value is -1.69. The number of hydrogen-bond acceptors (Lipinski definition) is 4. The van der Waals surface area contributed by atoms with Gasteiger partial charge in [-0.3, -0.25) is 19.6 Å². The number of hydrogen-bond donors (Lipinski definition) is 2. The van der Waals surface area contributed by atoms with Crippen molar-refractivity contribution >= 4 is 11.8 Å². The van der Waals surface area contributed by atoms with Crippen molar-refractivity contribution in [3.63, 3.8) is 0 Å². The molecule has 16 heavy (non-hydrogen) atoms. The summed E-state index contributed by atoms with van der Waals surface area (Å²) in [7, 11) is 0. The molecular weight excluding hydrogens is 208 g/mol. The third-order valence-electron chi connectivity index (χ3n) is 2.46. The second-order valence-corrected chi connectivity index (χ2v) is 3.90. The molecule has 2 heterocycles. The van der Waals surface area contributed by atoms with Crippen LogP contribution in [0.4, 0.5) is 0 Å². The quantitative estimate of drug-likeness (QED) is 0.654. The van der Waals surface area contributed by atoms with Crippen LogP contribution in [0.3, 0.4) is 0 Å². The molecule has 0 radical (unpaired) electrons. The summed E-state index contributed by atoms with van der Waals surface area (Å²) in [6, 6.07) is -0.385. The van der Waals surface area contributed by atoms with E-state index in [2.05, 4.69) is 15.7 Å². The maximum Gasteiger partial charge on any atom is 0.244 e. The molecule has 1 aromatic rings. The number of amides is 2. The Kier molecular flexibility index (Phi) is 3.00. The monoisotopic (exact) mass is 222 g/mol. The second-order valence-electron chi connectivity index (χ2n) is 3.90. The molecule has 2 N–H and O–H groups in total. The molecule has 1 aliphatic rings. The fraction of sp³-hybridized carbons (Fsp3) is 0.500. The Morgan fingerprint density at radius 3 is 3.00 bits per heavy atom. The highest BCUT2D eigenvalue weighted by Crippen LogP contribution is 2.00. The molecule has 0 bridgehead atoms. The topological polar surface area (TPSA) is 76.0 Å². The maximum atomic E-state index is 11.2. The van der Waals surface area contributed by atoms with Crippen LogP contribution in [-0.4, -0.2) is 34.2 Å². The normalized spacial score (nSPS) is 20.2. The van der Waals surface area contributed by atoms with E-state index in [1.165, 1.54) is 0 Å². The number of imide groups is 1. The third-order valence-corrected chi connectivity index (χ3v) is 2.46. The lowest BCUT2D eigenvalue weighted by Gasteiger charge is -2.08. The Labute approximate surface area is 93.0 Å². The number of carbonyl (C=O) groups excluding carboxylic acids is 2. The molecule has 1 aliphatic heterocycles. The van der Waals surface area contributed by atoms with Crippen molar-refractivity contribution < 1.29 is 9.59 Å². The number of nitrogens with one attached hydrogen (secondary N) is 2. The molecule has 1 unspecified atom stereocenters. The van der Waals surface area contributed by atoms with Crippen LogP contribution in [0.2, 0.25) is 0 Å². The standard InChI is InChI=1S/C10H14N4O2/c1-7-5-12-14(6-7)3-2-11-8-4-9(15)13-10(8)16/h5-6,8,11H,2-4H2,1H3,(H,13,15,16). The summed E-state index contributed by atoms with van der Waals surface area (Å²) in [5, 5.41) is 9.41. The van der Waals surface area contributed by atoms with Crippen LogP contribution in [0.15, 0.2) is 12.4 Å². The maximum absolute atomic E-state index is 11.2. The number of aryl methyl sites for hydroxylation is 1. The van der Waals surface area contributed by atoms with E-state index in [1.54, 1.807) is 10.9 Å². The minimum Gasteiger partial charge on any atom is -0.304 e. The van der Waals surface area contributed by atoms with Crippen molar-refractivity contribution in [2.45, 2.75) is 25.9 Å². The van der Waals surface area contributed by atoms with Gasteiger partial charge in [-0.1, -0.05) is 0 Å². The molecule has 1 saturated heterocycles. The van der Waals surface area contributed by atoms with Crippen molar-refractivity contribution in [2.24, 2.45) is 0 Å². The average Bonchev–Trinajstić information content (AvgIpc) is 2.74. The minimum absolute atomic E-state index is 0.211. The first-order valence-electron chi connectivity index (χ1n) is 5.21. The van der Waals surface area contributed by atoms with Gasteiger partial charge in [-0.2, -0.15) is 5.10 Å². The highest BCUT2D eigenvalue weighted by Gasteiger charge is 2.29. The molecule has 1 atom stereocenters. The second kappa shape index (κ2) is 4.44. The lowest BCUT2D eigenvalue weighted by molar-refractivity contribution is -0.125. The van der Waals surface area contributed by atoms with Crippen LogP contribution >= 0.6 is 0 Å². The molecule has 0 saturated carbocycles. The summed E-state index contributed by atoms with van der Waals surface area (Å²) in [5.41, 5.74) is 1.11. The molecule has 1 fully saturated rings. The first-order valence-corrected chi connectivity index (χ1v) is 5.21. The molecule has 86 valence electrons. The Bertz CT molecular complexity index is 413. The van der Waals surface area contributed by atoms with Gasteiger partial charge < -0.3 is 5.32 Å². The molecule has 6 heteroatoms. The number of carbonyl (C=O) groups is 2. The summed E-state index contributed by atoms with van der Waals surface area (Å²) in [5.74, 6) is -0.445. The third kappa shape index (κ3) is 2.46. The van der Waals surface area contributed by atoms with Crippen LogP contribution in [0.5, 0.6) is 0 Å². The zero-order valence-corrected chi connectivity index (χ0v) is 9.06. The number of nitrogens with zero attached hydrogens (tertiary/aromatic N) is 2. The highest BCUT2D eigenvalue weighted by molar-refractivity contribution is 6.05. The van der Waals surface area contributed by atoms with E-state index in [-0.39, 0.29) is 24.3 Å². The van der Waals surface area contributed by atoms with Crippen LogP contribution < -0.4 is 10.6 Å². The fourth-order valence-electron chi connectivity index (χ4n) is 1.66. The van der Waals surface area contributed by atoms with Gasteiger partial charge in [-0.15, -0.1) is 0 Å². The first kappa shape index (κ1) is 10.8. The predicted octanol–water partition coefficient (Wildman–Crippen LogP) is -0.804. The molecule has 6 nitrogen and oxygen atoms in total. The molecule has 2 amide bonds. The zero-order chi connectivity index (χ0) is 11.5. The molecule has 0 aliphatic carbocycles. The molecular formula is C10H14N4O2. The van der Waals surface area contributed by atoms with Gasteiger partial charge in [0.2, 0.25) is 11.8 Å². The molecule has 1 aromatic heterocycles. The SMILES string of the molecule is Cc1cnn(CCNC2CC(=O)NC2=O)c1. The summed E-state index contributed by atoms with van der Waals surface area (Å²) in [4.78, 5) is 22.1. The van der Waals surface area contributed by atoms with Crippen molar-refractivity contribution in [1.29, 1.82) is 0 Å². The lowest BCUT2D eigenvalue weighted by Crippen LogP contribution is -2.37. The van der Waals surface area contributed by atoms with Gasteiger partial charge in [0, 0.05) is 12.7 Å². The Morgan fingerprint density at radius 1 is 1.62 bits per heavy atom. The van der Waals surface area contributed by atoms with E-state index in [1.807, 2.05) is 13.1 Å². The molecule has 0 aromatic carbocycles. The number of aromatic nitrogens is 2. The van der Waals surface area contributed by atoms with Crippen molar-refractivity contribution in [1.82, 2.24) is 20.4 Å². The minimum atomic E-state index is -0.385. The van der Waals surface area contributed by atoms with Crippen LogP contribution in [0.1, 0.15) is 12.0 Å². The van der Waals surface area contributed by atoms with Gasteiger partial charge in [0.15, 0.2) is 0 Å². The van der Waals surface area contributed by atoms with E-state index < -0.39 is 0 Å². The number of rotatable bonds is 4. The molecule has 2 rings (SSSR count). The van der Waals surface area contributed by atoms with Gasteiger partial charge in [0.1, 0.15) is 0 Å². The first-order chi connectivity index (χ1) is 7.65. The summed E-state index contributed by atoms with van der Waals surface area (Å²) >= 11 is 0. The zero-order valence-electron chi connectivity index (χ0n) is 9.06. The summed E-state index contributed by atoms with van der Waals surface area (Å²) in [6.07, 6.45) is 3.95. The van der Waals surface area contributed by atoms with E-state index in [4.69, 9.17) is 0 Å². The van der Waals surface area contributed by atoms with E-state index in [0.29, 0.717) is 13.1 Å². The van der Waals surface area contributed by atoms with Gasteiger partial charge in [0.05, 0.1) is 25.2 Å². The Balaban J connectivity index is 1.76. The lowest BCUT2D eigenvalue weighted by atomic mass is 10.2. The van der Waals surface area contributed by atoms with Gasteiger partial charge in [-0.05, 0) is 12.5 Å². The van der Waals surface area contributed by atoms with E-state index in [9.17, 15) is 9.59 Å². The van der Waals surface area contributed by atoms with E-state index >= 15 is 0 Å². The van der Waals surface area contributed by atoms with Gasteiger partial charge in [0.25, 0.3) is 0 Å². The smallest absolute Gasteiger partial charge is 0.244 e. The van der Waals surface area contributed by atoms with E-state index in [0.717, 1.165) is 5.56 Å². The van der Waals surface area contributed by atoms with Crippen molar-refractivity contribution in [2.75, 3.05) is 6.54 Å². The highest BCUT2D eigenvalue weighted by atomic mass is 16.2. The van der Waals surface area contributed by atoms with Gasteiger partial charge in [-0.25, -0.2) is 0 Å². The van der Waals surface area contributed by atoms with Crippen LogP contribution in [0.25, 0.3) is 0 Å². The summed E-state index contributed by atoms with van der Waals surface area (Å²) < 4.78 is 1.80. The van der Waals surface area contributed by atoms with Crippen LogP contribution in [0, 0.1) is 6.92 Å². The average molecular weight is 222 g/mol. The van der Waals surface area contributed by atoms with Crippen molar-refractivity contribution in [3.05, 3.63) is 18.0 Å². The van der Waals surface area contributed by atoms with Crippen molar-refractivity contribution in [3.8, 4) is 0 Å².